The molecule has 4 nitrogen and oxygen atoms in total. The van der Waals surface area contributed by atoms with Gasteiger partial charge in [0.2, 0.25) is 5.91 Å². The van der Waals surface area contributed by atoms with E-state index < -0.39 is 0 Å². The summed E-state index contributed by atoms with van der Waals surface area (Å²) in [5.74, 6) is -0.136. The van der Waals surface area contributed by atoms with Crippen molar-refractivity contribution in [2.75, 3.05) is 13.2 Å². The van der Waals surface area contributed by atoms with E-state index in [9.17, 15) is 4.79 Å². The quantitative estimate of drug-likeness (QED) is 0.649. The average Bonchev–Trinajstić information content (AvgIpc) is 2.47. The van der Waals surface area contributed by atoms with E-state index in [1.165, 1.54) is 0 Å². The third kappa shape index (κ3) is 3.16. The Labute approximate surface area is 77.9 Å². The maximum atomic E-state index is 11.1. The van der Waals surface area contributed by atoms with E-state index >= 15 is 0 Å². The number of hydrogen-bond donors (Lipinski definition) is 1. The van der Waals surface area contributed by atoms with Crippen molar-refractivity contribution < 1.29 is 14.3 Å². The monoisotopic (exact) mass is 185 g/mol. The van der Waals surface area contributed by atoms with Crippen molar-refractivity contribution in [1.82, 2.24) is 5.32 Å². The minimum absolute atomic E-state index is 0.0294. The molecule has 0 aromatic carbocycles. The highest BCUT2D eigenvalue weighted by Crippen LogP contribution is 2.09. The SMILES string of the molecule is C=C(C)C(=O)NCC1COC(C)O1. The molecule has 0 bridgehead atoms. The van der Waals surface area contributed by atoms with Crippen LogP contribution in [0, 0.1) is 0 Å². The predicted molar refractivity (Wildman–Crippen MR) is 48.1 cm³/mol. The molecule has 0 spiro atoms. The van der Waals surface area contributed by atoms with E-state index in [0.717, 1.165) is 0 Å². The highest BCUT2D eigenvalue weighted by Gasteiger charge is 2.22. The lowest BCUT2D eigenvalue weighted by Crippen LogP contribution is -2.33. The van der Waals surface area contributed by atoms with E-state index in [1.807, 2.05) is 6.92 Å². The fourth-order valence-corrected chi connectivity index (χ4v) is 1.06. The maximum absolute atomic E-state index is 11.1. The van der Waals surface area contributed by atoms with Crippen LogP contribution in [0.1, 0.15) is 13.8 Å². The van der Waals surface area contributed by atoms with Gasteiger partial charge in [0, 0.05) is 12.1 Å². The van der Waals surface area contributed by atoms with Crippen molar-refractivity contribution >= 4 is 5.91 Å². The van der Waals surface area contributed by atoms with E-state index in [0.29, 0.717) is 18.7 Å². The molecule has 13 heavy (non-hydrogen) atoms. The minimum atomic E-state index is -0.160. The molecule has 2 unspecified atom stereocenters. The van der Waals surface area contributed by atoms with Gasteiger partial charge in [-0.25, -0.2) is 0 Å². The lowest BCUT2D eigenvalue weighted by molar-refractivity contribution is -0.118. The van der Waals surface area contributed by atoms with Gasteiger partial charge in [-0.05, 0) is 13.8 Å². The summed E-state index contributed by atoms with van der Waals surface area (Å²) in [5, 5.41) is 2.70. The third-order valence-corrected chi connectivity index (χ3v) is 1.78. The second kappa shape index (κ2) is 4.39. The fraction of sp³-hybridized carbons (Fsp3) is 0.667. The Morgan fingerprint density at radius 2 is 2.38 bits per heavy atom. The molecular formula is C9H15NO3. The van der Waals surface area contributed by atoms with E-state index in [-0.39, 0.29) is 18.3 Å². The highest BCUT2D eigenvalue weighted by atomic mass is 16.7. The van der Waals surface area contributed by atoms with Gasteiger partial charge in [-0.3, -0.25) is 4.79 Å². The molecule has 0 aromatic heterocycles. The Morgan fingerprint density at radius 1 is 1.69 bits per heavy atom. The molecule has 0 aromatic rings. The first-order chi connectivity index (χ1) is 6.09. The highest BCUT2D eigenvalue weighted by molar-refractivity contribution is 5.92. The van der Waals surface area contributed by atoms with Crippen molar-refractivity contribution in [3.63, 3.8) is 0 Å². The molecule has 4 heteroatoms. The van der Waals surface area contributed by atoms with Gasteiger partial charge in [0.25, 0.3) is 0 Å². The van der Waals surface area contributed by atoms with Crippen LogP contribution in [-0.4, -0.2) is 31.5 Å². The first-order valence-corrected chi connectivity index (χ1v) is 4.30. The molecule has 74 valence electrons. The minimum Gasteiger partial charge on any atom is -0.350 e. The van der Waals surface area contributed by atoms with Crippen LogP contribution < -0.4 is 5.32 Å². The molecule has 1 heterocycles. The zero-order chi connectivity index (χ0) is 9.84. The molecule has 1 amide bonds. The van der Waals surface area contributed by atoms with Crippen LogP contribution in [0.3, 0.4) is 0 Å². The number of ether oxygens (including phenoxy) is 2. The number of carbonyl (C=O) groups excluding carboxylic acids is 1. The van der Waals surface area contributed by atoms with Gasteiger partial charge >= 0.3 is 0 Å². The van der Waals surface area contributed by atoms with Gasteiger partial charge in [0.1, 0.15) is 6.10 Å². The molecular weight excluding hydrogens is 170 g/mol. The van der Waals surface area contributed by atoms with Crippen molar-refractivity contribution in [2.24, 2.45) is 0 Å². The summed E-state index contributed by atoms with van der Waals surface area (Å²) in [7, 11) is 0. The van der Waals surface area contributed by atoms with E-state index in [2.05, 4.69) is 11.9 Å². The van der Waals surface area contributed by atoms with Crippen molar-refractivity contribution in [2.45, 2.75) is 26.2 Å². The molecule has 1 saturated heterocycles. The van der Waals surface area contributed by atoms with Gasteiger partial charge in [0.15, 0.2) is 6.29 Å². The van der Waals surface area contributed by atoms with Crippen LogP contribution >= 0.6 is 0 Å². The molecule has 1 N–H and O–H groups in total. The number of amides is 1. The Bertz CT molecular complexity index is 215. The van der Waals surface area contributed by atoms with Gasteiger partial charge in [-0.2, -0.15) is 0 Å². The van der Waals surface area contributed by atoms with Crippen LogP contribution in [0.2, 0.25) is 0 Å². The standard InChI is InChI=1S/C9H15NO3/c1-6(2)9(11)10-4-8-5-12-7(3)13-8/h7-8H,1,4-5H2,2-3H3,(H,10,11). The van der Waals surface area contributed by atoms with E-state index in [4.69, 9.17) is 9.47 Å². The normalized spacial score (nSPS) is 27.2. The van der Waals surface area contributed by atoms with Crippen LogP contribution in [0.25, 0.3) is 0 Å². The van der Waals surface area contributed by atoms with Crippen LogP contribution in [0.4, 0.5) is 0 Å². The van der Waals surface area contributed by atoms with Crippen molar-refractivity contribution in [1.29, 1.82) is 0 Å². The molecule has 2 atom stereocenters. The molecule has 1 rings (SSSR count). The lowest BCUT2D eigenvalue weighted by Gasteiger charge is -2.09. The number of carbonyl (C=O) groups is 1. The molecule has 1 fully saturated rings. The number of hydrogen-bond acceptors (Lipinski definition) is 3. The third-order valence-electron chi connectivity index (χ3n) is 1.78. The number of nitrogens with one attached hydrogen (secondary N) is 1. The Morgan fingerprint density at radius 3 is 2.85 bits per heavy atom. The summed E-state index contributed by atoms with van der Waals surface area (Å²) in [5.41, 5.74) is 0.506. The first kappa shape index (κ1) is 10.2. The summed E-state index contributed by atoms with van der Waals surface area (Å²) in [4.78, 5) is 11.1. The average molecular weight is 185 g/mol. The summed E-state index contributed by atoms with van der Waals surface area (Å²) < 4.78 is 10.5. The van der Waals surface area contributed by atoms with Crippen LogP contribution in [0.5, 0.6) is 0 Å². The van der Waals surface area contributed by atoms with Gasteiger partial charge in [-0.15, -0.1) is 0 Å². The first-order valence-electron chi connectivity index (χ1n) is 4.30. The molecule has 0 saturated carbocycles. The molecule has 1 aliphatic rings. The van der Waals surface area contributed by atoms with E-state index in [1.54, 1.807) is 6.92 Å². The van der Waals surface area contributed by atoms with Crippen molar-refractivity contribution in [3.05, 3.63) is 12.2 Å². The van der Waals surface area contributed by atoms with Gasteiger partial charge in [0.05, 0.1) is 6.61 Å². The maximum Gasteiger partial charge on any atom is 0.246 e. The topological polar surface area (TPSA) is 47.6 Å². The Balaban J connectivity index is 2.20. The number of rotatable bonds is 3. The summed E-state index contributed by atoms with van der Waals surface area (Å²) in [6, 6.07) is 0. The summed E-state index contributed by atoms with van der Waals surface area (Å²) >= 11 is 0. The lowest BCUT2D eigenvalue weighted by atomic mass is 10.3. The second-order valence-electron chi connectivity index (χ2n) is 3.15. The zero-order valence-electron chi connectivity index (χ0n) is 8.00. The van der Waals surface area contributed by atoms with Crippen molar-refractivity contribution in [3.8, 4) is 0 Å². The van der Waals surface area contributed by atoms with Crippen LogP contribution in [-0.2, 0) is 14.3 Å². The van der Waals surface area contributed by atoms with Gasteiger partial charge in [-0.1, -0.05) is 6.58 Å². The zero-order valence-corrected chi connectivity index (χ0v) is 8.00. The second-order valence-corrected chi connectivity index (χ2v) is 3.15. The fourth-order valence-electron chi connectivity index (χ4n) is 1.06. The van der Waals surface area contributed by atoms with Crippen LogP contribution in [0.15, 0.2) is 12.2 Å². The Kier molecular flexibility index (Phi) is 3.45. The smallest absolute Gasteiger partial charge is 0.246 e. The summed E-state index contributed by atoms with van der Waals surface area (Å²) in [6.45, 7) is 8.06. The van der Waals surface area contributed by atoms with Gasteiger partial charge < -0.3 is 14.8 Å². The molecule has 1 aliphatic heterocycles. The Hall–Kier alpha value is -0.870. The predicted octanol–water partition coefficient (Wildman–Crippen LogP) is 0.440. The largest absolute Gasteiger partial charge is 0.350 e. The summed E-state index contributed by atoms with van der Waals surface area (Å²) in [6.07, 6.45) is -0.190. The molecule has 0 aliphatic carbocycles. The molecule has 0 radical (unpaired) electrons.